The molecule has 8 nitrogen and oxygen atoms in total. The highest BCUT2D eigenvalue weighted by molar-refractivity contribution is 7.89. The number of carbonyl (C=O) groups excluding carboxylic acids is 1. The average Bonchev–Trinajstić information content (AvgIpc) is 2.87. The van der Waals surface area contributed by atoms with Gasteiger partial charge in [0.1, 0.15) is 11.5 Å². The lowest BCUT2D eigenvalue weighted by Gasteiger charge is -2.37. The second-order valence-electron chi connectivity index (χ2n) is 9.27. The number of piperidine rings is 1. The van der Waals surface area contributed by atoms with E-state index in [0.29, 0.717) is 43.5 Å². The Morgan fingerprint density at radius 3 is 2.35 bits per heavy atom. The van der Waals surface area contributed by atoms with Crippen LogP contribution in [0.5, 0.6) is 11.5 Å². The van der Waals surface area contributed by atoms with Crippen molar-refractivity contribution in [3.05, 3.63) is 48.0 Å². The van der Waals surface area contributed by atoms with Crippen LogP contribution in [0.4, 0.5) is 18.9 Å². The minimum absolute atomic E-state index is 0.172. The van der Waals surface area contributed by atoms with Gasteiger partial charge in [-0.1, -0.05) is 19.1 Å². The zero-order valence-electron chi connectivity index (χ0n) is 20.7. The summed E-state index contributed by atoms with van der Waals surface area (Å²) < 4.78 is 76.0. The molecule has 1 unspecified atom stereocenters. The van der Waals surface area contributed by atoms with Crippen LogP contribution in [0.3, 0.4) is 0 Å². The van der Waals surface area contributed by atoms with E-state index < -0.39 is 28.0 Å². The van der Waals surface area contributed by atoms with Gasteiger partial charge in [0.25, 0.3) is 5.91 Å². The smallest absolute Gasteiger partial charge is 0.495 e. The summed E-state index contributed by atoms with van der Waals surface area (Å²) >= 11 is 0. The number of carbonyl (C=O) groups is 1. The molecule has 2 aliphatic heterocycles. The summed E-state index contributed by atoms with van der Waals surface area (Å²) in [5.74, 6) is -0.329. The molecule has 12 heteroatoms. The molecule has 4 rings (SSSR count). The Morgan fingerprint density at radius 2 is 1.70 bits per heavy atom. The van der Waals surface area contributed by atoms with E-state index in [-0.39, 0.29) is 23.5 Å². The van der Waals surface area contributed by atoms with Crippen LogP contribution in [0.25, 0.3) is 0 Å². The molecule has 2 heterocycles. The van der Waals surface area contributed by atoms with Crippen molar-refractivity contribution < 1.29 is 35.9 Å². The Hall–Kier alpha value is -2.99. The van der Waals surface area contributed by atoms with E-state index in [1.807, 2.05) is 11.8 Å². The van der Waals surface area contributed by atoms with Crippen molar-refractivity contribution in [2.75, 3.05) is 51.3 Å². The number of nitrogens with zero attached hydrogens (tertiary/aromatic N) is 3. The van der Waals surface area contributed by atoms with Gasteiger partial charge in [0.15, 0.2) is 0 Å². The molecule has 0 N–H and O–H groups in total. The normalized spacial score (nSPS) is 19.5. The number of sulfonamides is 1. The Kier molecular flexibility index (Phi) is 7.88. The number of piperazine rings is 1. The summed E-state index contributed by atoms with van der Waals surface area (Å²) in [6.07, 6.45) is -3.10. The second kappa shape index (κ2) is 10.8. The maximum atomic E-state index is 13.3. The van der Waals surface area contributed by atoms with Crippen LogP contribution in [0.1, 0.15) is 30.1 Å². The number of halogens is 3. The van der Waals surface area contributed by atoms with Crippen LogP contribution in [-0.4, -0.2) is 76.3 Å². The summed E-state index contributed by atoms with van der Waals surface area (Å²) in [5.41, 5.74) is 0.413. The fourth-order valence-electron chi connectivity index (χ4n) is 4.77. The first-order chi connectivity index (χ1) is 17.5. The van der Waals surface area contributed by atoms with Crippen molar-refractivity contribution in [2.45, 2.75) is 31.0 Å². The maximum absolute atomic E-state index is 13.3. The van der Waals surface area contributed by atoms with Gasteiger partial charge >= 0.3 is 6.36 Å². The third-order valence-electron chi connectivity index (χ3n) is 6.66. The number of rotatable bonds is 6. The lowest BCUT2D eigenvalue weighted by molar-refractivity contribution is -0.274. The molecule has 202 valence electrons. The van der Waals surface area contributed by atoms with Crippen LogP contribution < -0.4 is 14.4 Å². The predicted molar refractivity (Wildman–Crippen MR) is 131 cm³/mol. The molecule has 0 saturated carbocycles. The number of benzene rings is 2. The predicted octanol–water partition coefficient (Wildman–Crippen LogP) is 3.98. The van der Waals surface area contributed by atoms with Gasteiger partial charge in [0.05, 0.1) is 23.3 Å². The quantitative estimate of drug-likeness (QED) is 0.551. The minimum Gasteiger partial charge on any atom is -0.495 e. The fraction of sp³-hybridized carbons (Fsp3) is 0.480. The standard InChI is InChI=1S/C25H30F3N3O5S/c1-18-6-5-11-31(17-18)37(33,34)19-9-10-23(35-2)21(16-19)29-12-14-30(15-13-29)24(32)20-7-3-4-8-22(20)36-25(26,27)28/h3-4,7-10,16,18H,5-6,11-15,17H2,1-2H3. The van der Waals surface area contributed by atoms with Crippen molar-refractivity contribution in [3.8, 4) is 11.5 Å². The first-order valence-corrected chi connectivity index (χ1v) is 13.5. The van der Waals surface area contributed by atoms with Gasteiger partial charge < -0.3 is 19.3 Å². The van der Waals surface area contributed by atoms with Gasteiger partial charge in [-0.3, -0.25) is 4.79 Å². The average molecular weight is 542 g/mol. The Morgan fingerprint density at radius 1 is 1.00 bits per heavy atom. The van der Waals surface area contributed by atoms with Gasteiger partial charge in [-0.25, -0.2) is 8.42 Å². The second-order valence-corrected chi connectivity index (χ2v) is 11.2. The van der Waals surface area contributed by atoms with Crippen LogP contribution in [0, 0.1) is 5.92 Å². The van der Waals surface area contributed by atoms with Crippen molar-refractivity contribution in [2.24, 2.45) is 5.92 Å². The lowest BCUT2D eigenvalue weighted by atomic mass is 10.0. The molecule has 2 aromatic carbocycles. The number of methoxy groups -OCH3 is 1. The SMILES string of the molecule is COc1ccc(S(=O)(=O)N2CCCC(C)C2)cc1N1CCN(C(=O)c2ccccc2OC(F)(F)F)CC1. The molecule has 37 heavy (non-hydrogen) atoms. The monoisotopic (exact) mass is 541 g/mol. The molecule has 1 amide bonds. The van der Waals surface area contributed by atoms with Gasteiger partial charge in [-0.15, -0.1) is 13.2 Å². The number of ether oxygens (including phenoxy) is 2. The third kappa shape index (κ3) is 6.12. The van der Waals surface area contributed by atoms with Gasteiger partial charge in [0.2, 0.25) is 10.0 Å². The number of alkyl halides is 3. The molecule has 0 bridgehead atoms. The van der Waals surface area contributed by atoms with E-state index in [0.717, 1.165) is 18.9 Å². The van der Waals surface area contributed by atoms with Crippen LogP contribution >= 0.6 is 0 Å². The molecular formula is C25H30F3N3O5S. The van der Waals surface area contributed by atoms with Crippen LogP contribution in [0.15, 0.2) is 47.4 Å². The molecule has 2 fully saturated rings. The largest absolute Gasteiger partial charge is 0.573 e. The molecule has 0 radical (unpaired) electrons. The van der Waals surface area contributed by atoms with Crippen molar-refractivity contribution in [1.82, 2.24) is 9.21 Å². The number of para-hydroxylation sites is 1. The highest BCUT2D eigenvalue weighted by atomic mass is 32.2. The van der Waals surface area contributed by atoms with E-state index in [2.05, 4.69) is 4.74 Å². The number of hydrogen-bond acceptors (Lipinski definition) is 6. The van der Waals surface area contributed by atoms with Crippen LogP contribution in [0.2, 0.25) is 0 Å². The molecule has 0 aliphatic carbocycles. The molecule has 1 atom stereocenters. The summed E-state index contributed by atoms with van der Waals surface area (Å²) in [6.45, 7) is 4.13. The molecule has 2 saturated heterocycles. The Bertz CT molecular complexity index is 1230. The number of amides is 1. The third-order valence-corrected chi connectivity index (χ3v) is 8.52. The molecule has 0 aromatic heterocycles. The Balaban J connectivity index is 1.51. The number of anilines is 1. The number of hydrogen-bond donors (Lipinski definition) is 0. The van der Waals surface area contributed by atoms with E-state index in [4.69, 9.17) is 4.74 Å². The zero-order valence-corrected chi connectivity index (χ0v) is 21.5. The first-order valence-electron chi connectivity index (χ1n) is 12.1. The fourth-order valence-corrected chi connectivity index (χ4v) is 6.39. The molecule has 2 aliphatic rings. The van der Waals surface area contributed by atoms with Crippen molar-refractivity contribution >= 4 is 21.6 Å². The van der Waals surface area contributed by atoms with Crippen molar-refractivity contribution in [3.63, 3.8) is 0 Å². The van der Waals surface area contributed by atoms with Crippen LogP contribution in [-0.2, 0) is 10.0 Å². The van der Waals surface area contributed by atoms with Crippen molar-refractivity contribution in [1.29, 1.82) is 0 Å². The summed E-state index contributed by atoms with van der Waals surface area (Å²) in [6, 6.07) is 10.0. The van der Waals surface area contributed by atoms with Gasteiger partial charge in [0, 0.05) is 39.3 Å². The van der Waals surface area contributed by atoms with E-state index in [1.54, 1.807) is 12.1 Å². The highest BCUT2D eigenvalue weighted by Gasteiger charge is 2.34. The highest BCUT2D eigenvalue weighted by Crippen LogP contribution is 2.34. The molecular weight excluding hydrogens is 511 g/mol. The molecule has 2 aromatic rings. The van der Waals surface area contributed by atoms with E-state index in [1.165, 1.54) is 40.6 Å². The summed E-state index contributed by atoms with van der Waals surface area (Å²) in [5, 5.41) is 0. The summed E-state index contributed by atoms with van der Waals surface area (Å²) in [4.78, 5) is 16.6. The summed E-state index contributed by atoms with van der Waals surface area (Å²) in [7, 11) is -2.18. The van der Waals surface area contributed by atoms with E-state index >= 15 is 0 Å². The Labute approximate surface area is 214 Å². The maximum Gasteiger partial charge on any atom is 0.573 e. The first kappa shape index (κ1) is 27.1. The zero-order chi connectivity index (χ0) is 26.8. The lowest BCUT2D eigenvalue weighted by Crippen LogP contribution is -2.49. The van der Waals surface area contributed by atoms with Gasteiger partial charge in [-0.2, -0.15) is 4.31 Å². The van der Waals surface area contributed by atoms with Gasteiger partial charge in [-0.05, 0) is 49.1 Å². The minimum atomic E-state index is -4.91. The van der Waals surface area contributed by atoms with E-state index in [9.17, 15) is 26.4 Å². The molecule has 0 spiro atoms. The topological polar surface area (TPSA) is 79.4 Å².